The molecule has 14 heteroatoms. The summed E-state index contributed by atoms with van der Waals surface area (Å²) in [6, 6.07) is -0.849. The molecule has 0 bridgehead atoms. The Bertz CT molecular complexity index is 1680. The number of hydrogen-bond acceptors (Lipinski definition) is 13. The van der Waals surface area contributed by atoms with Gasteiger partial charge in [-0.1, -0.05) is 220 Å². The molecule has 0 aromatic carbocycles. The number of amides is 1. The Kier molecular flexibility index (Phi) is 44.3. The van der Waals surface area contributed by atoms with Gasteiger partial charge in [-0.15, -0.1) is 0 Å². The summed E-state index contributed by atoms with van der Waals surface area (Å²) in [6.45, 7) is 2.72. The Morgan fingerprint density at radius 3 is 1.36 bits per heavy atom. The second-order valence-electron chi connectivity index (χ2n) is 21.1. The van der Waals surface area contributed by atoms with Gasteiger partial charge in [0.05, 0.1) is 32.0 Å². The summed E-state index contributed by atoms with van der Waals surface area (Å²) in [6.07, 6.45) is 49.7. The van der Waals surface area contributed by atoms with Crippen LogP contribution in [0.15, 0.2) is 97.2 Å². The maximum absolute atomic E-state index is 13.3. The first-order valence-corrected chi connectivity index (χ1v) is 30.5. The fraction of sp³-hybridized carbons (Fsp3) is 0.734. The third kappa shape index (κ3) is 33.6. The summed E-state index contributed by atoms with van der Waals surface area (Å²) >= 11 is 0. The standard InChI is InChI=1S/C64H109NO13/c1-3-5-7-9-11-13-15-17-19-20-21-22-23-24-25-26-27-28-29-30-31-32-34-36-38-40-42-44-46-48-56(69)65-52(53(68)47-45-43-41-39-37-35-33-18-16-14-12-10-8-6-4-2)51-75-63-61(74)59(72)62(55(50-67)77-63)78-64-60(73)58(71)57(70)54(49-66)76-64/h5,7,11,13,17,19,21-22,24-25,27-28,30-31,34,36,52-55,57-64,66-68,70-74H,3-4,6,8-10,12,14-16,18,20,23,26,29,32-33,35,37-51H2,1-2H3,(H,65,69)/b7-5-,13-11-,19-17-,22-21-,25-24-,28-27-,31-30-,36-34-. The maximum Gasteiger partial charge on any atom is 0.220 e. The zero-order valence-electron chi connectivity index (χ0n) is 48.1. The molecule has 12 unspecified atom stereocenters. The first-order valence-electron chi connectivity index (χ1n) is 30.5. The second kappa shape index (κ2) is 48.6. The first-order chi connectivity index (χ1) is 38.1. The number of carbonyl (C=O) groups excluding carboxylic acids is 1. The van der Waals surface area contributed by atoms with E-state index in [0.29, 0.717) is 12.8 Å². The highest BCUT2D eigenvalue weighted by molar-refractivity contribution is 5.76. The van der Waals surface area contributed by atoms with Gasteiger partial charge in [-0.3, -0.25) is 4.79 Å². The van der Waals surface area contributed by atoms with E-state index in [2.05, 4.69) is 116 Å². The van der Waals surface area contributed by atoms with Crippen LogP contribution in [0.4, 0.5) is 0 Å². The summed E-state index contributed by atoms with van der Waals surface area (Å²) < 4.78 is 22.8. The molecule has 2 heterocycles. The number of aliphatic hydroxyl groups is 8. The van der Waals surface area contributed by atoms with Gasteiger partial charge in [-0.25, -0.2) is 0 Å². The van der Waals surface area contributed by atoms with Gasteiger partial charge in [-0.05, 0) is 77.0 Å². The molecule has 14 nitrogen and oxygen atoms in total. The lowest BCUT2D eigenvalue weighted by Gasteiger charge is -2.46. The van der Waals surface area contributed by atoms with Crippen molar-refractivity contribution in [3.8, 4) is 0 Å². The van der Waals surface area contributed by atoms with E-state index >= 15 is 0 Å². The second-order valence-corrected chi connectivity index (χ2v) is 21.1. The zero-order valence-corrected chi connectivity index (χ0v) is 48.1. The van der Waals surface area contributed by atoms with Crippen LogP contribution in [-0.2, 0) is 23.7 Å². The fourth-order valence-electron chi connectivity index (χ4n) is 9.43. The molecule has 0 aliphatic carbocycles. The van der Waals surface area contributed by atoms with Gasteiger partial charge in [0, 0.05) is 6.42 Å². The fourth-order valence-corrected chi connectivity index (χ4v) is 9.43. The lowest BCUT2D eigenvalue weighted by atomic mass is 9.97. The van der Waals surface area contributed by atoms with Crippen LogP contribution in [0.5, 0.6) is 0 Å². The van der Waals surface area contributed by atoms with E-state index in [1.165, 1.54) is 70.6 Å². The van der Waals surface area contributed by atoms with Crippen molar-refractivity contribution in [2.75, 3.05) is 19.8 Å². The van der Waals surface area contributed by atoms with Crippen molar-refractivity contribution < 1.29 is 64.6 Å². The van der Waals surface area contributed by atoms with E-state index in [1.54, 1.807) is 0 Å². The normalized spacial score (nSPS) is 25.3. The minimum atomic E-state index is -1.79. The minimum absolute atomic E-state index is 0.235. The molecule has 448 valence electrons. The van der Waals surface area contributed by atoms with Gasteiger partial charge in [-0.2, -0.15) is 0 Å². The maximum atomic E-state index is 13.3. The van der Waals surface area contributed by atoms with Crippen LogP contribution in [0, 0.1) is 0 Å². The van der Waals surface area contributed by atoms with Crippen LogP contribution in [-0.4, -0.2) is 140 Å². The van der Waals surface area contributed by atoms with Crippen LogP contribution < -0.4 is 5.32 Å². The van der Waals surface area contributed by atoms with E-state index in [-0.39, 0.29) is 18.9 Å². The van der Waals surface area contributed by atoms with Gasteiger partial charge >= 0.3 is 0 Å². The molecular formula is C64H109NO13. The molecule has 1 amide bonds. The molecule has 9 N–H and O–H groups in total. The third-order valence-electron chi connectivity index (χ3n) is 14.3. The van der Waals surface area contributed by atoms with Gasteiger partial charge in [0.25, 0.3) is 0 Å². The van der Waals surface area contributed by atoms with Crippen LogP contribution in [0.2, 0.25) is 0 Å². The van der Waals surface area contributed by atoms with Crippen LogP contribution in [0.1, 0.15) is 206 Å². The highest BCUT2D eigenvalue weighted by Crippen LogP contribution is 2.30. The molecule has 2 rings (SSSR count). The highest BCUT2D eigenvalue weighted by atomic mass is 16.7. The molecule has 2 fully saturated rings. The molecule has 2 saturated heterocycles. The number of hydrogen-bond donors (Lipinski definition) is 9. The Morgan fingerprint density at radius 1 is 0.474 bits per heavy atom. The van der Waals surface area contributed by atoms with Crippen LogP contribution >= 0.6 is 0 Å². The molecule has 0 spiro atoms. The average Bonchev–Trinajstić information content (AvgIpc) is 3.47. The molecule has 78 heavy (non-hydrogen) atoms. The van der Waals surface area contributed by atoms with Crippen molar-refractivity contribution >= 4 is 5.91 Å². The van der Waals surface area contributed by atoms with Gasteiger partial charge in [0.2, 0.25) is 5.91 Å². The van der Waals surface area contributed by atoms with Crippen molar-refractivity contribution in [1.82, 2.24) is 5.32 Å². The smallest absolute Gasteiger partial charge is 0.220 e. The molecule has 12 atom stereocenters. The summed E-state index contributed by atoms with van der Waals surface area (Å²) in [5.74, 6) is -0.235. The number of carbonyl (C=O) groups is 1. The van der Waals surface area contributed by atoms with E-state index in [9.17, 15) is 45.6 Å². The Hall–Kier alpha value is -3.09. The van der Waals surface area contributed by atoms with E-state index in [0.717, 1.165) is 103 Å². The lowest BCUT2D eigenvalue weighted by molar-refractivity contribution is -0.359. The Labute approximate surface area is 471 Å². The van der Waals surface area contributed by atoms with Crippen molar-refractivity contribution in [2.45, 2.75) is 280 Å². The molecular weight excluding hydrogens is 991 g/mol. The number of rotatable bonds is 47. The summed E-state index contributed by atoms with van der Waals surface area (Å²) in [5.41, 5.74) is 0. The Balaban J connectivity index is 1.74. The summed E-state index contributed by atoms with van der Waals surface area (Å²) in [5, 5.41) is 87.2. The largest absolute Gasteiger partial charge is 0.394 e. The quantitative estimate of drug-likeness (QED) is 0.0204. The van der Waals surface area contributed by atoms with E-state index in [4.69, 9.17) is 18.9 Å². The minimum Gasteiger partial charge on any atom is -0.394 e. The molecule has 0 saturated carbocycles. The average molecular weight is 1100 g/mol. The molecule has 2 aliphatic heterocycles. The van der Waals surface area contributed by atoms with E-state index < -0.39 is 86.8 Å². The molecule has 0 radical (unpaired) electrons. The van der Waals surface area contributed by atoms with Crippen molar-refractivity contribution in [3.05, 3.63) is 97.2 Å². The van der Waals surface area contributed by atoms with Crippen molar-refractivity contribution in [2.24, 2.45) is 0 Å². The van der Waals surface area contributed by atoms with E-state index in [1.807, 2.05) is 0 Å². The topological polar surface area (TPSA) is 228 Å². The number of nitrogens with one attached hydrogen (secondary N) is 1. The number of ether oxygens (including phenoxy) is 4. The zero-order chi connectivity index (χ0) is 56.7. The monoisotopic (exact) mass is 1100 g/mol. The summed E-state index contributed by atoms with van der Waals surface area (Å²) in [7, 11) is 0. The third-order valence-corrected chi connectivity index (χ3v) is 14.3. The first kappa shape index (κ1) is 71.0. The number of aliphatic hydroxyl groups excluding tert-OH is 8. The number of allylic oxidation sites excluding steroid dienone is 16. The molecule has 2 aliphatic rings. The van der Waals surface area contributed by atoms with Gasteiger partial charge in [0.15, 0.2) is 12.6 Å². The van der Waals surface area contributed by atoms with Crippen LogP contribution in [0.25, 0.3) is 0 Å². The molecule has 0 aromatic rings. The van der Waals surface area contributed by atoms with Crippen molar-refractivity contribution in [3.63, 3.8) is 0 Å². The SMILES string of the molecule is CC/C=C\C/C=C\C/C=C\C/C=C\C/C=C\C/C=C\C/C=C\C/C=C\CCCCCCC(=O)NC(COC1OC(CO)C(OC2OC(CO)C(O)C(O)C2O)C(O)C1O)C(O)CCCCCCCCCCCCCCCCC. The molecule has 0 aromatic heterocycles. The lowest BCUT2D eigenvalue weighted by Crippen LogP contribution is -2.65. The Morgan fingerprint density at radius 2 is 0.885 bits per heavy atom. The van der Waals surface area contributed by atoms with Crippen LogP contribution in [0.3, 0.4) is 0 Å². The predicted octanol–water partition coefficient (Wildman–Crippen LogP) is 10.7. The highest BCUT2D eigenvalue weighted by Gasteiger charge is 2.51. The van der Waals surface area contributed by atoms with Gasteiger partial charge in [0.1, 0.15) is 48.8 Å². The summed E-state index contributed by atoms with van der Waals surface area (Å²) in [4.78, 5) is 13.3. The van der Waals surface area contributed by atoms with Crippen molar-refractivity contribution in [1.29, 1.82) is 0 Å². The van der Waals surface area contributed by atoms with Gasteiger partial charge < -0.3 is 65.1 Å². The number of unbranched alkanes of at least 4 members (excludes halogenated alkanes) is 18. The predicted molar refractivity (Wildman–Crippen MR) is 313 cm³/mol.